The van der Waals surface area contributed by atoms with Crippen molar-refractivity contribution in [1.82, 2.24) is 9.88 Å². The highest BCUT2D eigenvalue weighted by molar-refractivity contribution is 5.94. The number of aliphatic hydroxyl groups excluding tert-OH is 1. The van der Waals surface area contributed by atoms with Crippen molar-refractivity contribution in [3.8, 4) is 0 Å². The van der Waals surface area contributed by atoms with Crippen LogP contribution in [-0.4, -0.2) is 33.9 Å². The molecule has 2 heterocycles. The van der Waals surface area contributed by atoms with E-state index in [4.69, 9.17) is 5.41 Å². The SMILES string of the molecule is N=CC1C(O)CC2C1NC(=O)c1cccn12. The second kappa shape index (κ2) is 3.18. The third-order valence-corrected chi connectivity index (χ3v) is 3.62. The highest BCUT2D eigenvalue weighted by atomic mass is 16.3. The first kappa shape index (κ1) is 9.59. The van der Waals surface area contributed by atoms with Gasteiger partial charge in [-0.1, -0.05) is 0 Å². The van der Waals surface area contributed by atoms with Gasteiger partial charge in [-0.2, -0.15) is 0 Å². The Kier molecular flexibility index (Phi) is 1.91. The standard InChI is InChI=1S/C11H13N3O2/c12-5-6-9(15)4-8-10(6)13-11(16)7-2-1-3-14(7)8/h1-3,5-6,8-10,12,15H,4H2,(H,13,16). The molecule has 0 aromatic carbocycles. The lowest BCUT2D eigenvalue weighted by Crippen LogP contribution is -2.48. The molecule has 0 radical (unpaired) electrons. The first-order valence-electron chi connectivity index (χ1n) is 5.38. The van der Waals surface area contributed by atoms with Gasteiger partial charge >= 0.3 is 0 Å². The molecule has 1 aromatic rings. The molecule has 0 bridgehead atoms. The van der Waals surface area contributed by atoms with Gasteiger partial charge < -0.3 is 20.4 Å². The lowest BCUT2D eigenvalue weighted by atomic mass is 10.00. The Morgan fingerprint density at radius 1 is 1.62 bits per heavy atom. The quantitative estimate of drug-likeness (QED) is 0.589. The molecule has 4 unspecified atom stereocenters. The van der Waals surface area contributed by atoms with E-state index in [9.17, 15) is 9.90 Å². The minimum Gasteiger partial charge on any atom is -0.392 e. The molecule has 0 saturated heterocycles. The molecule has 1 amide bonds. The lowest BCUT2D eigenvalue weighted by molar-refractivity contribution is 0.0879. The molecule has 0 spiro atoms. The van der Waals surface area contributed by atoms with Crippen LogP contribution >= 0.6 is 0 Å². The van der Waals surface area contributed by atoms with Gasteiger partial charge in [0.1, 0.15) is 5.69 Å². The Morgan fingerprint density at radius 2 is 2.44 bits per heavy atom. The molecule has 3 N–H and O–H groups in total. The fourth-order valence-electron chi connectivity index (χ4n) is 2.84. The summed E-state index contributed by atoms with van der Waals surface area (Å²) >= 11 is 0. The van der Waals surface area contributed by atoms with Gasteiger partial charge in [-0.25, -0.2) is 0 Å². The number of aliphatic hydroxyl groups is 1. The normalized spacial score (nSPS) is 36.4. The number of hydrogen-bond acceptors (Lipinski definition) is 3. The zero-order valence-corrected chi connectivity index (χ0v) is 8.63. The number of carbonyl (C=O) groups is 1. The smallest absolute Gasteiger partial charge is 0.268 e. The van der Waals surface area contributed by atoms with Gasteiger partial charge in [-0.3, -0.25) is 4.79 Å². The van der Waals surface area contributed by atoms with Gasteiger partial charge in [-0.15, -0.1) is 0 Å². The zero-order chi connectivity index (χ0) is 11.3. The summed E-state index contributed by atoms with van der Waals surface area (Å²) in [7, 11) is 0. The van der Waals surface area contributed by atoms with Crippen molar-refractivity contribution in [2.45, 2.75) is 24.6 Å². The maximum atomic E-state index is 11.8. The Balaban J connectivity index is 2.05. The van der Waals surface area contributed by atoms with Crippen LogP contribution in [0.3, 0.4) is 0 Å². The fourth-order valence-corrected chi connectivity index (χ4v) is 2.84. The van der Waals surface area contributed by atoms with Crippen LogP contribution in [-0.2, 0) is 0 Å². The molecular weight excluding hydrogens is 206 g/mol. The summed E-state index contributed by atoms with van der Waals surface area (Å²) in [6.07, 6.45) is 3.16. The summed E-state index contributed by atoms with van der Waals surface area (Å²) in [5, 5.41) is 20.1. The fraction of sp³-hybridized carbons (Fsp3) is 0.455. The number of fused-ring (bicyclic) bond motifs is 3. The maximum absolute atomic E-state index is 11.8. The van der Waals surface area contributed by atoms with E-state index in [-0.39, 0.29) is 23.9 Å². The molecule has 16 heavy (non-hydrogen) atoms. The van der Waals surface area contributed by atoms with Crippen molar-refractivity contribution in [1.29, 1.82) is 5.41 Å². The van der Waals surface area contributed by atoms with Crippen LogP contribution in [0.1, 0.15) is 23.0 Å². The van der Waals surface area contributed by atoms with Crippen molar-refractivity contribution >= 4 is 12.1 Å². The Labute approximate surface area is 92.6 Å². The van der Waals surface area contributed by atoms with E-state index in [1.165, 1.54) is 6.21 Å². The summed E-state index contributed by atoms with van der Waals surface area (Å²) in [6.45, 7) is 0. The molecule has 1 aliphatic carbocycles. The van der Waals surface area contributed by atoms with E-state index in [1.807, 2.05) is 16.8 Å². The Hall–Kier alpha value is -1.62. The van der Waals surface area contributed by atoms with Crippen LogP contribution in [0.25, 0.3) is 0 Å². The van der Waals surface area contributed by atoms with Crippen molar-refractivity contribution in [3.63, 3.8) is 0 Å². The van der Waals surface area contributed by atoms with Crippen LogP contribution in [0.4, 0.5) is 0 Å². The van der Waals surface area contributed by atoms with E-state index < -0.39 is 6.10 Å². The third-order valence-electron chi connectivity index (χ3n) is 3.62. The average molecular weight is 219 g/mol. The van der Waals surface area contributed by atoms with Crippen LogP contribution < -0.4 is 5.32 Å². The molecule has 5 heteroatoms. The van der Waals surface area contributed by atoms with E-state index >= 15 is 0 Å². The van der Waals surface area contributed by atoms with Crippen LogP contribution in [0.15, 0.2) is 18.3 Å². The van der Waals surface area contributed by atoms with Crippen molar-refractivity contribution in [2.75, 3.05) is 0 Å². The minimum absolute atomic E-state index is 0.0734. The molecular formula is C11H13N3O2. The molecule has 1 aliphatic heterocycles. The van der Waals surface area contributed by atoms with Gasteiger partial charge in [0.25, 0.3) is 5.91 Å². The lowest BCUT2D eigenvalue weighted by Gasteiger charge is -2.31. The van der Waals surface area contributed by atoms with Gasteiger partial charge in [-0.05, 0) is 18.6 Å². The van der Waals surface area contributed by atoms with Crippen molar-refractivity contribution in [2.24, 2.45) is 5.92 Å². The molecule has 2 aliphatic rings. The largest absolute Gasteiger partial charge is 0.392 e. The summed E-state index contributed by atoms with van der Waals surface area (Å²) in [5.74, 6) is -0.392. The van der Waals surface area contributed by atoms with Crippen LogP contribution in [0.2, 0.25) is 0 Å². The van der Waals surface area contributed by atoms with Crippen molar-refractivity contribution in [3.05, 3.63) is 24.0 Å². The van der Waals surface area contributed by atoms with E-state index in [0.29, 0.717) is 12.1 Å². The predicted octanol–water partition coefficient (Wildman–Crippen LogP) is 0.172. The second-order valence-electron chi connectivity index (χ2n) is 4.41. The minimum atomic E-state index is -0.541. The summed E-state index contributed by atoms with van der Waals surface area (Å²) in [6, 6.07) is 3.53. The van der Waals surface area contributed by atoms with E-state index in [1.54, 1.807) is 6.07 Å². The number of nitrogens with one attached hydrogen (secondary N) is 2. The number of amides is 1. The van der Waals surface area contributed by atoms with E-state index in [0.717, 1.165) is 0 Å². The Morgan fingerprint density at radius 3 is 3.19 bits per heavy atom. The molecule has 1 saturated carbocycles. The number of carbonyl (C=O) groups excluding carboxylic acids is 1. The van der Waals surface area contributed by atoms with E-state index in [2.05, 4.69) is 5.32 Å². The highest BCUT2D eigenvalue weighted by Crippen LogP contribution is 2.37. The van der Waals surface area contributed by atoms with Crippen LogP contribution in [0.5, 0.6) is 0 Å². The average Bonchev–Trinajstić information content (AvgIpc) is 2.82. The van der Waals surface area contributed by atoms with Gasteiger partial charge in [0.2, 0.25) is 0 Å². The topological polar surface area (TPSA) is 78.1 Å². The molecule has 5 nitrogen and oxygen atoms in total. The number of hydrogen-bond donors (Lipinski definition) is 3. The maximum Gasteiger partial charge on any atom is 0.268 e. The highest BCUT2D eigenvalue weighted by Gasteiger charge is 2.46. The summed E-state index contributed by atoms with van der Waals surface area (Å²) in [5.41, 5.74) is 0.638. The molecule has 3 rings (SSSR count). The molecule has 1 aromatic heterocycles. The van der Waals surface area contributed by atoms with Crippen LogP contribution in [0, 0.1) is 11.3 Å². The first-order valence-corrected chi connectivity index (χ1v) is 5.38. The summed E-state index contributed by atoms with van der Waals surface area (Å²) in [4.78, 5) is 11.8. The number of nitrogens with zero attached hydrogens (tertiary/aromatic N) is 1. The monoisotopic (exact) mass is 219 g/mol. The molecule has 4 atom stereocenters. The second-order valence-corrected chi connectivity index (χ2v) is 4.41. The number of aromatic nitrogens is 1. The Bertz CT molecular complexity index is 454. The third kappa shape index (κ3) is 1.09. The molecule has 1 fully saturated rings. The zero-order valence-electron chi connectivity index (χ0n) is 8.63. The van der Waals surface area contributed by atoms with Gasteiger partial charge in [0, 0.05) is 18.3 Å². The predicted molar refractivity (Wildman–Crippen MR) is 57.6 cm³/mol. The van der Waals surface area contributed by atoms with Crippen molar-refractivity contribution < 1.29 is 9.90 Å². The van der Waals surface area contributed by atoms with Gasteiger partial charge in [0.05, 0.1) is 18.2 Å². The molecule has 84 valence electrons. The summed E-state index contributed by atoms with van der Waals surface area (Å²) < 4.78 is 1.91. The van der Waals surface area contributed by atoms with Gasteiger partial charge in [0.15, 0.2) is 0 Å². The number of rotatable bonds is 1. The first-order chi connectivity index (χ1) is 7.72.